The van der Waals surface area contributed by atoms with Crippen molar-refractivity contribution < 1.29 is 0 Å². The Morgan fingerprint density at radius 1 is 1.05 bits per heavy atom. The smallest absolute Gasteiger partial charge is 0.0553 e. The van der Waals surface area contributed by atoms with Crippen molar-refractivity contribution in [3.05, 3.63) is 65.2 Å². The zero-order valence-corrected chi connectivity index (χ0v) is 13.6. The second-order valence-electron chi connectivity index (χ2n) is 5.33. The number of hydrazine groups is 1. The first kappa shape index (κ1) is 16.1. The van der Waals surface area contributed by atoms with Crippen molar-refractivity contribution in [2.75, 3.05) is 5.75 Å². The van der Waals surface area contributed by atoms with Crippen LogP contribution in [0, 0.1) is 6.92 Å². The molecule has 2 aromatic carbocycles. The highest BCUT2D eigenvalue weighted by Crippen LogP contribution is 2.25. The van der Waals surface area contributed by atoms with E-state index >= 15 is 0 Å². The van der Waals surface area contributed by atoms with Gasteiger partial charge in [-0.15, -0.1) is 11.8 Å². The van der Waals surface area contributed by atoms with Crippen LogP contribution in [-0.4, -0.2) is 5.75 Å². The summed E-state index contributed by atoms with van der Waals surface area (Å²) in [5.41, 5.74) is 6.86. The predicted octanol–water partition coefficient (Wildman–Crippen LogP) is 4.24. The lowest BCUT2D eigenvalue weighted by Gasteiger charge is -2.16. The van der Waals surface area contributed by atoms with Gasteiger partial charge in [0.15, 0.2) is 0 Å². The summed E-state index contributed by atoms with van der Waals surface area (Å²) in [6.45, 7) is 4.31. The van der Waals surface area contributed by atoms with Gasteiger partial charge in [0.05, 0.1) is 6.04 Å². The Bertz CT molecular complexity index is 534. The fraction of sp³-hybridized carbons (Fsp3) is 0.333. The summed E-state index contributed by atoms with van der Waals surface area (Å²) in [7, 11) is 0. The molecule has 0 saturated heterocycles. The molecular weight excluding hydrogens is 276 g/mol. The van der Waals surface area contributed by atoms with E-state index in [0.29, 0.717) is 0 Å². The van der Waals surface area contributed by atoms with E-state index in [1.54, 1.807) is 0 Å². The molecule has 0 amide bonds. The van der Waals surface area contributed by atoms with Crippen molar-refractivity contribution in [3.8, 4) is 0 Å². The van der Waals surface area contributed by atoms with Gasteiger partial charge in [0.1, 0.15) is 0 Å². The largest absolute Gasteiger partial charge is 0.271 e. The third kappa shape index (κ3) is 4.88. The fourth-order valence-electron chi connectivity index (χ4n) is 2.26. The first-order chi connectivity index (χ1) is 10.2. The van der Waals surface area contributed by atoms with E-state index in [0.717, 1.165) is 12.2 Å². The van der Waals surface area contributed by atoms with E-state index < -0.39 is 0 Å². The molecule has 0 saturated carbocycles. The zero-order valence-electron chi connectivity index (χ0n) is 12.8. The van der Waals surface area contributed by atoms with E-state index in [-0.39, 0.29) is 6.04 Å². The molecule has 2 aromatic rings. The minimum absolute atomic E-state index is 0.173. The molecule has 1 atom stereocenters. The minimum atomic E-state index is 0.173. The Hall–Kier alpha value is -1.29. The second-order valence-corrected chi connectivity index (χ2v) is 6.43. The molecule has 0 aliphatic heterocycles. The average molecular weight is 300 g/mol. The first-order valence-corrected chi connectivity index (χ1v) is 8.46. The second kappa shape index (κ2) is 8.23. The Kier molecular flexibility index (Phi) is 6.30. The number of rotatable bonds is 7. The number of hydrogen-bond donors (Lipinski definition) is 2. The molecule has 2 nitrogen and oxygen atoms in total. The summed E-state index contributed by atoms with van der Waals surface area (Å²) < 4.78 is 0. The van der Waals surface area contributed by atoms with Gasteiger partial charge < -0.3 is 0 Å². The molecule has 0 heterocycles. The molecule has 0 fully saturated rings. The minimum Gasteiger partial charge on any atom is -0.271 e. The van der Waals surface area contributed by atoms with Gasteiger partial charge in [-0.3, -0.25) is 11.3 Å². The van der Waals surface area contributed by atoms with Gasteiger partial charge in [-0.05, 0) is 36.6 Å². The van der Waals surface area contributed by atoms with Gasteiger partial charge in [-0.2, -0.15) is 0 Å². The molecule has 21 heavy (non-hydrogen) atoms. The third-order valence-electron chi connectivity index (χ3n) is 3.56. The number of nitrogens with two attached hydrogens (primary N) is 1. The van der Waals surface area contributed by atoms with Crippen LogP contribution in [0.2, 0.25) is 0 Å². The summed E-state index contributed by atoms with van der Waals surface area (Å²) in [5.74, 6) is 6.65. The average Bonchev–Trinajstić information content (AvgIpc) is 2.51. The zero-order chi connectivity index (χ0) is 15.1. The number of aryl methyl sites for hydroxylation is 2. The van der Waals surface area contributed by atoms with Crippen molar-refractivity contribution in [1.29, 1.82) is 0 Å². The Balaban J connectivity index is 1.97. The number of nitrogens with one attached hydrogen (secondary N) is 1. The first-order valence-electron chi connectivity index (χ1n) is 7.47. The van der Waals surface area contributed by atoms with Crippen LogP contribution in [0.5, 0.6) is 0 Å². The Morgan fingerprint density at radius 2 is 1.71 bits per heavy atom. The molecule has 3 N–H and O–H groups in total. The molecular formula is C18H24N2S. The quantitative estimate of drug-likeness (QED) is 0.456. The van der Waals surface area contributed by atoms with Crippen LogP contribution in [0.25, 0.3) is 0 Å². The van der Waals surface area contributed by atoms with Crippen molar-refractivity contribution in [2.45, 2.75) is 37.6 Å². The van der Waals surface area contributed by atoms with Gasteiger partial charge in [-0.25, -0.2) is 0 Å². The lowest BCUT2D eigenvalue weighted by atomic mass is 10.0. The molecule has 0 aliphatic carbocycles. The molecule has 1 unspecified atom stereocenters. The molecule has 0 spiro atoms. The summed E-state index contributed by atoms with van der Waals surface area (Å²) in [4.78, 5) is 1.28. The van der Waals surface area contributed by atoms with Crippen LogP contribution in [0.3, 0.4) is 0 Å². The maximum Gasteiger partial charge on any atom is 0.0553 e. The van der Waals surface area contributed by atoms with Gasteiger partial charge in [0, 0.05) is 10.6 Å². The summed E-state index contributed by atoms with van der Waals surface area (Å²) in [6.07, 6.45) is 2.32. The van der Waals surface area contributed by atoms with Crippen LogP contribution >= 0.6 is 11.8 Å². The Labute approximate surface area is 132 Å². The van der Waals surface area contributed by atoms with E-state index in [4.69, 9.17) is 5.84 Å². The van der Waals surface area contributed by atoms with Gasteiger partial charge in [0.25, 0.3) is 0 Å². The number of thioether (sulfide) groups is 1. The highest BCUT2D eigenvalue weighted by molar-refractivity contribution is 7.99. The number of hydrogen-bond acceptors (Lipinski definition) is 3. The van der Waals surface area contributed by atoms with Crippen molar-refractivity contribution >= 4 is 11.8 Å². The summed E-state index contributed by atoms with van der Waals surface area (Å²) in [6, 6.07) is 17.6. The van der Waals surface area contributed by atoms with E-state index in [9.17, 15) is 0 Å². The lowest BCUT2D eigenvalue weighted by molar-refractivity contribution is 0.610. The summed E-state index contributed by atoms with van der Waals surface area (Å²) in [5, 5.41) is 0. The molecule has 3 heteroatoms. The SMILES string of the molecule is CCCc1ccc(C(CSc2ccc(C)cc2)NN)cc1. The monoisotopic (exact) mass is 300 g/mol. The van der Waals surface area contributed by atoms with Crippen molar-refractivity contribution in [3.63, 3.8) is 0 Å². The van der Waals surface area contributed by atoms with Gasteiger partial charge >= 0.3 is 0 Å². The molecule has 112 valence electrons. The maximum atomic E-state index is 5.73. The molecule has 2 rings (SSSR count). The van der Waals surface area contributed by atoms with Crippen LogP contribution in [-0.2, 0) is 6.42 Å². The topological polar surface area (TPSA) is 38.0 Å². The maximum absolute atomic E-state index is 5.73. The van der Waals surface area contributed by atoms with Crippen molar-refractivity contribution in [1.82, 2.24) is 5.43 Å². The molecule has 0 aliphatic rings. The van der Waals surface area contributed by atoms with E-state index in [1.165, 1.54) is 28.0 Å². The normalized spacial score (nSPS) is 12.3. The number of benzene rings is 2. The highest BCUT2D eigenvalue weighted by Gasteiger charge is 2.10. The molecule has 0 aromatic heterocycles. The fourth-order valence-corrected chi connectivity index (χ4v) is 3.24. The highest BCUT2D eigenvalue weighted by atomic mass is 32.2. The van der Waals surface area contributed by atoms with Crippen LogP contribution in [0.4, 0.5) is 0 Å². The van der Waals surface area contributed by atoms with E-state index in [1.807, 2.05) is 11.8 Å². The Morgan fingerprint density at radius 3 is 2.29 bits per heavy atom. The van der Waals surface area contributed by atoms with Crippen molar-refractivity contribution in [2.24, 2.45) is 5.84 Å². The summed E-state index contributed by atoms with van der Waals surface area (Å²) >= 11 is 1.83. The van der Waals surface area contributed by atoms with Gasteiger partial charge in [-0.1, -0.05) is 55.3 Å². The third-order valence-corrected chi connectivity index (χ3v) is 4.67. The lowest BCUT2D eigenvalue weighted by Crippen LogP contribution is -2.29. The van der Waals surface area contributed by atoms with Crippen LogP contribution < -0.4 is 11.3 Å². The molecule has 0 radical (unpaired) electrons. The molecule has 0 bridgehead atoms. The standard InChI is InChI=1S/C18H24N2S/c1-3-4-15-7-9-16(10-8-15)18(20-19)13-21-17-11-5-14(2)6-12-17/h5-12,18,20H,3-4,13,19H2,1-2H3. The van der Waals surface area contributed by atoms with Crippen LogP contribution in [0.15, 0.2) is 53.4 Å². The van der Waals surface area contributed by atoms with E-state index in [2.05, 4.69) is 67.8 Å². The van der Waals surface area contributed by atoms with Crippen LogP contribution in [0.1, 0.15) is 36.1 Å². The van der Waals surface area contributed by atoms with Gasteiger partial charge in [0.2, 0.25) is 0 Å². The predicted molar refractivity (Wildman–Crippen MR) is 92.4 cm³/mol.